The molecule has 0 unspecified atom stereocenters. The van der Waals surface area contributed by atoms with Crippen molar-refractivity contribution in [3.8, 4) is 0 Å². The van der Waals surface area contributed by atoms with Crippen molar-refractivity contribution in [1.82, 2.24) is 0 Å². The monoisotopic (exact) mass is 311 g/mol. The lowest BCUT2D eigenvalue weighted by atomic mass is 9.97. The van der Waals surface area contributed by atoms with Gasteiger partial charge in [-0.2, -0.15) is 0 Å². The Bertz CT molecular complexity index is 771. The van der Waals surface area contributed by atoms with E-state index >= 15 is 0 Å². The summed E-state index contributed by atoms with van der Waals surface area (Å²) in [5.41, 5.74) is 5.97. The molecule has 0 aromatic heterocycles. The maximum atomic E-state index is 3.14. The molecule has 1 nitrogen and oxygen atoms in total. The number of benzene rings is 3. The van der Waals surface area contributed by atoms with Crippen LogP contribution in [-0.4, -0.2) is 7.05 Å². The summed E-state index contributed by atoms with van der Waals surface area (Å²) in [6.45, 7) is 0. The Morgan fingerprint density at radius 2 is 1.25 bits per heavy atom. The predicted octanol–water partition coefficient (Wildman–Crippen LogP) is 5.87. The molecular weight excluding hydrogens is 290 g/mol. The van der Waals surface area contributed by atoms with Gasteiger partial charge in [0.15, 0.2) is 0 Å². The Labute approximate surface area is 144 Å². The third-order valence-electron chi connectivity index (χ3n) is 3.92. The van der Waals surface area contributed by atoms with Gasteiger partial charge < -0.3 is 5.32 Å². The van der Waals surface area contributed by atoms with E-state index in [1.807, 2.05) is 19.2 Å². The van der Waals surface area contributed by atoms with Crippen LogP contribution in [0.1, 0.15) is 16.7 Å². The molecule has 0 heterocycles. The smallest absolute Gasteiger partial charge is 0.0337 e. The molecule has 24 heavy (non-hydrogen) atoms. The van der Waals surface area contributed by atoms with Crippen LogP contribution in [0, 0.1) is 0 Å². The largest absolute Gasteiger partial charge is 0.388 e. The van der Waals surface area contributed by atoms with Gasteiger partial charge in [0.05, 0.1) is 0 Å². The summed E-state index contributed by atoms with van der Waals surface area (Å²) in [5, 5.41) is 3.14. The predicted molar refractivity (Wildman–Crippen MR) is 105 cm³/mol. The summed E-state index contributed by atoms with van der Waals surface area (Å²) in [7, 11) is 1.93. The van der Waals surface area contributed by atoms with Gasteiger partial charge in [0.1, 0.15) is 0 Å². The zero-order valence-corrected chi connectivity index (χ0v) is 13.8. The fraction of sp³-hybridized carbons (Fsp3) is 0.0435. The first-order chi connectivity index (χ1) is 11.9. The summed E-state index contributed by atoms with van der Waals surface area (Å²) in [6.07, 6.45) is 6.42. The number of rotatable bonds is 5. The average Bonchev–Trinajstić information content (AvgIpc) is 2.67. The van der Waals surface area contributed by atoms with Gasteiger partial charge >= 0.3 is 0 Å². The molecule has 0 aliphatic heterocycles. The Balaban J connectivity index is 1.90. The third kappa shape index (κ3) is 4.02. The van der Waals surface area contributed by atoms with Crippen molar-refractivity contribution in [2.75, 3.05) is 12.4 Å². The van der Waals surface area contributed by atoms with Crippen molar-refractivity contribution in [2.45, 2.75) is 0 Å². The van der Waals surface area contributed by atoms with E-state index in [0.29, 0.717) is 0 Å². The van der Waals surface area contributed by atoms with Crippen LogP contribution in [0.25, 0.3) is 11.6 Å². The number of nitrogens with one attached hydrogen (secondary N) is 1. The van der Waals surface area contributed by atoms with Crippen LogP contribution in [0.3, 0.4) is 0 Å². The van der Waals surface area contributed by atoms with Crippen LogP contribution in [0.15, 0.2) is 97.1 Å². The van der Waals surface area contributed by atoms with Crippen molar-refractivity contribution in [3.05, 3.63) is 114 Å². The van der Waals surface area contributed by atoms with Gasteiger partial charge in [-0.05, 0) is 34.4 Å². The molecule has 0 aliphatic carbocycles. The molecule has 0 bridgehead atoms. The number of allylic oxidation sites excluding steroid dienone is 2. The Morgan fingerprint density at radius 1 is 0.708 bits per heavy atom. The van der Waals surface area contributed by atoms with Crippen LogP contribution in [0.4, 0.5) is 5.69 Å². The molecule has 0 atom stereocenters. The number of hydrogen-bond acceptors (Lipinski definition) is 1. The molecule has 3 aromatic carbocycles. The van der Waals surface area contributed by atoms with Gasteiger partial charge in [-0.25, -0.2) is 0 Å². The minimum atomic E-state index is 1.12. The van der Waals surface area contributed by atoms with Gasteiger partial charge in [0.2, 0.25) is 0 Å². The van der Waals surface area contributed by atoms with Crippen LogP contribution >= 0.6 is 0 Å². The molecule has 0 saturated heterocycles. The maximum Gasteiger partial charge on any atom is 0.0337 e. The second kappa shape index (κ2) is 7.98. The minimum Gasteiger partial charge on any atom is -0.388 e. The van der Waals surface area contributed by atoms with Gasteiger partial charge in [0.25, 0.3) is 0 Å². The van der Waals surface area contributed by atoms with Crippen molar-refractivity contribution in [1.29, 1.82) is 0 Å². The summed E-state index contributed by atoms with van der Waals surface area (Å²) < 4.78 is 0. The normalized spacial score (nSPS) is 10.5. The standard InChI is InChI=1S/C23H21N/c1-24-22-17-15-19(16-18-22)9-8-14-23(20-10-4-2-5-11-20)21-12-6-3-7-13-21/h2-18,24H,1H3/b9-8+. The first kappa shape index (κ1) is 15.8. The molecule has 0 radical (unpaired) electrons. The molecular formula is C23H21N. The van der Waals surface area contributed by atoms with Crippen molar-refractivity contribution >= 4 is 17.3 Å². The third-order valence-corrected chi connectivity index (χ3v) is 3.92. The molecule has 3 aromatic rings. The van der Waals surface area contributed by atoms with Gasteiger partial charge in [-0.3, -0.25) is 0 Å². The first-order valence-corrected chi connectivity index (χ1v) is 8.14. The Morgan fingerprint density at radius 3 is 1.75 bits per heavy atom. The van der Waals surface area contributed by atoms with E-state index in [1.54, 1.807) is 0 Å². The van der Waals surface area contributed by atoms with Crippen molar-refractivity contribution in [2.24, 2.45) is 0 Å². The van der Waals surface area contributed by atoms with Gasteiger partial charge in [-0.1, -0.05) is 91.0 Å². The van der Waals surface area contributed by atoms with Gasteiger partial charge in [0, 0.05) is 12.7 Å². The van der Waals surface area contributed by atoms with E-state index in [2.05, 4.69) is 96.3 Å². The fourth-order valence-electron chi connectivity index (χ4n) is 2.61. The number of hydrogen-bond donors (Lipinski definition) is 1. The quantitative estimate of drug-likeness (QED) is 0.581. The van der Waals surface area contributed by atoms with Crippen molar-refractivity contribution in [3.63, 3.8) is 0 Å². The maximum absolute atomic E-state index is 3.14. The minimum absolute atomic E-state index is 1.12. The van der Waals surface area contributed by atoms with Crippen molar-refractivity contribution < 1.29 is 0 Å². The molecule has 3 rings (SSSR count). The molecule has 1 heteroatoms. The molecule has 0 saturated carbocycles. The SMILES string of the molecule is CNc1ccc(/C=C/C=C(c2ccccc2)c2ccccc2)cc1. The topological polar surface area (TPSA) is 12.0 Å². The summed E-state index contributed by atoms with van der Waals surface area (Å²) >= 11 is 0. The van der Waals surface area contributed by atoms with E-state index < -0.39 is 0 Å². The second-order valence-electron chi connectivity index (χ2n) is 5.54. The summed E-state index contributed by atoms with van der Waals surface area (Å²) in [6, 6.07) is 29.4. The molecule has 118 valence electrons. The number of anilines is 1. The molecule has 0 amide bonds. The van der Waals surface area contributed by atoms with Crippen LogP contribution in [0.2, 0.25) is 0 Å². The fourth-order valence-corrected chi connectivity index (χ4v) is 2.61. The average molecular weight is 311 g/mol. The zero-order valence-electron chi connectivity index (χ0n) is 13.8. The lowest BCUT2D eigenvalue weighted by Crippen LogP contribution is -1.87. The molecule has 1 N–H and O–H groups in total. The zero-order chi connectivity index (χ0) is 16.6. The van der Waals surface area contributed by atoms with Gasteiger partial charge in [-0.15, -0.1) is 0 Å². The van der Waals surface area contributed by atoms with Crippen LogP contribution in [-0.2, 0) is 0 Å². The lowest BCUT2D eigenvalue weighted by Gasteiger charge is -2.07. The van der Waals surface area contributed by atoms with Crippen LogP contribution in [0.5, 0.6) is 0 Å². The highest BCUT2D eigenvalue weighted by Crippen LogP contribution is 2.23. The Hall–Kier alpha value is -3.06. The molecule has 0 spiro atoms. The highest BCUT2D eigenvalue weighted by molar-refractivity contribution is 5.81. The van der Waals surface area contributed by atoms with E-state index in [4.69, 9.17) is 0 Å². The molecule has 0 fully saturated rings. The first-order valence-electron chi connectivity index (χ1n) is 8.14. The van der Waals surface area contributed by atoms with E-state index in [9.17, 15) is 0 Å². The Kier molecular flexibility index (Phi) is 5.26. The van der Waals surface area contributed by atoms with E-state index in [0.717, 1.165) is 5.69 Å². The highest BCUT2D eigenvalue weighted by atomic mass is 14.8. The summed E-state index contributed by atoms with van der Waals surface area (Å²) in [4.78, 5) is 0. The van der Waals surface area contributed by atoms with Crippen LogP contribution < -0.4 is 5.32 Å². The lowest BCUT2D eigenvalue weighted by molar-refractivity contribution is 1.50. The summed E-state index contributed by atoms with van der Waals surface area (Å²) in [5.74, 6) is 0. The second-order valence-corrected chi connectivity index (χ2v) is 5.54. The van der Waals surface area contributed by atoms with E-state index in [-0.39, 0.29) is 0 Å². The molecule has 0 aliphatic rings. The van der Waals surface area contributed by atoms with E-state index in [1.165, 1.54) is 22.3 Å². The highest BCUT2D eigenvalue weighted by Gasteiger charge is 2.02.